The first-order chi connectivity index (χ1) is 7.50. The van der Waals surface area contributed by atoms with Crippen molar-refractivity contribution in [3.8, 4) is 5.75 Å². The molecule has 1 rings (SSSR count). The number of aliphatic hydroxyl groups excluding tert-OH is 2. The van der Waals surface area contributed by atoms with Crippen molar-refractivity contribution in [2.75, 3.05) is 5.75 Å². The third kappa shape index (κ3) is 3.84. The van der Waals surface area contributed by atoms with Gasteiger partial charge in [-0.1, -0.05) is 23.9 Å². The molecule has 2 unspecified atom stereocenters. The van der Waals surface area contributed by atoms with Gasteiger partial charge in [0.15, 0.2) is 5.12 Å². The molecule has 0 heterocycles. The summed E-state index contributed by atoms with van der Waals surface area (Å²) >= 11 is 0.967. The summed E-state index contributed by atoms with van der Waals surface area (Å²) < 4.78 is 0. The van der Waals surface area contributed by atoms with E-state index in [0.717, 1.165) is 11.8 Å². The van der Waals surface area contributed by atoms with Crippen molar-refractivity contribution in [3.63, 3.8) is 0 Å². The van der Waals surface area contributed by atoms with E-state index < -0.39 is 12.2 Å². The highest BCUT2D eigenvalue weighted by Crippen LogP contribution is 2.21. The first-order valence-corrected chi connectivity index (χ1v) is 5.77. The molecule has 2 atom stereocenters. The quantitative estimate of drug-likeness (QED) is 0.736. The first kappa shape index (κ1) is 13.0. The molecule has 0 fully saturated rings. The predicted molar refractivity (Wildman–Crippen MR) is 62.2 cm³/mol. The number of aromatic hydroxyl groups is 1. The summed E-state index contributed by atoms with van der Waals surface area (Å²) in [6, 6.07) is 5.93. The van der Waals surface area contributed by atoms with Gasteiger partial charge in [0.1, 0.15) is 11.9 Å². The van der Waals surface area contributed by atoms with E-state index in [2.05, 4.69) is 0 Å². The minimum Gasteiger partial charge on any atom is -0.508 e. The number of aliphatic hydroxyl groups is 2. The Morgan fingerprint density at radius 1 is 1.31 bits per heavy atom. The van der Waals surface area contributed by atoms with Gasteiger partial charge in [0.2, 0.25) is 0 Å². The van der Waals surface area contributed by atoms with E-state index in [-0.39, 0.29) is 16.6 Å². The van der Waals surface area contributed by atoms with Crippen LogP contribution in [0, 0.1) is 0 Å². The van der Waals surface area contributed by atoms with Gasteiger partial charge in [-0.3, -0.25) is 4.79 Å². The van der Waals surface area contributed by atoms with Gasteiger partial charge in [0.05, 0.1) is 6.10 Å². The maximum Gasteiger partial charge on any atom is 0.185 e. The molecule has 3 N–H and O–H groups in total. The Balaban J connectivity index is 2.59. The minimum atomic E-state index is -1.05. The molecular formula is C11H14O4S. The number of benzene rings is 1. The van der Waals surface area contributed by atoms with Crippen LogP contribution in [0.25, 0.3) is 0 Å². The summed E-state index contributed by atoms with van der Waals surface area (Å²) in [5, 5.41) is 28.3. The third-order valence-corrected chi connectivity index (χ3v) is 2.97. The van der Waals surface area contributed by atoms with Gasteiger partial charge in [-0.05, 0) is 17.7 Å². The number of rotatable bonds is 4. The molecule has 1 aromatic carbocycles. The molecule has 0 spiro atoms. The molecule has 1 aromatic rings. The fourth-order valence-electron chi connectivity index (χ4n) is 1.19. The van der Waals surface area contributed by atoms with Crippen molar-refractivity contribution < 1.29 is 20.1 Å². The molecule has 5 heteroatoms. The van der Waals surface area contributed by atoms with E-state index in [0.29, 0.717) is 5.56 Å². The third-order valence-electron chi connectivity index (χ3n) is 2.06. The second kappa shape index (κ2) is 5.89. The first-order valence-electron chi connectivity index (χ1n) is 4.79. The summed E-state index contributed by atoms with van der Waals surface area (Å²) in [6.07, 6.45) is -2.05. The highest BCUT2D eigenvalue weighted by atomic mass is 32.2. The van der Waals surface area contributed by atoms with Gasteiger partial charge >= 0.3 is 0 Å². The Morgan fingerprint density at radius 3 is 2.38 bits per heavy atom. The lowest BCUT2D eigenvalue weighted by Crippen LogP contribution is -2.21. The summed E-state index contributed by atoms with van der Waals surface area (Å²) in [5.74, 6) is 0.251. The molecule has 0 saturated carbocycles. The molecule has 0 aliphatic carbocycles. The summed E-state index contributed by atoms with van der Waals surface area (Å²) in [4.78, 5) is 10.7. The Morgan fingerprint density at radius 2 is 1.88 bits per heavy atom. The molecule has 0 aliphatic heterocycles. The fraction of sp³-hybridized carbons (Fsp3) is 0.364. The van der Waals surface area contributed by atoms with Gasteiger partial charge in [0.25, 0.3) is 0 Å². The lowest BCUT2D eigenvalue weighted by atomic mass is 10.1. The van der Waals surface area contributed by atoms with Crippen LogP contribution in [0.15, 0.2) is 24.3 Å². The Labute approximate surface area is 97.9 Å². The zero-order valence-corrected chi connectivity index (χ0v) is 9.65. The van der Waals surface area contributed by atoms with Crippen molar-refractivity contribution in [1.82, 2.24) is 0 Å². The molecule has 16 heavy (non-hydrogen) atoms. The van der Waals surface area contributed by atoms with Gasteiger partial charge in [-0.2, -0.15) is 0 Å². The molecule has 0 aliphatic rings. The topological polar surface area (TPSA) is 77.8 Å². The van der Waals surface area contributed by atoms with Crippen LogP contribution in [0.4, 0.5) is 0 Å². The van der Waals surface area contributed by atoms with Crippen LogP contribution in [0.5, 0.6) is 5.75 Å². The van der Waals surface area contributed by atoms with Crippen molar-refractivity contribution in [3.05, 3.63) is 29.8 Å². The predicted octanol–water partition coefficient (Wildman–Crippen LogP) is 1.07. The lowest BCUT2D eigenvalue weighted by molar-refractivity contribution is -0.109. The van der Waals surface area contributed by atoms with Crippen molar-refractivity contribution >= 4 is 16.9 Å². The van der Waals surface area contributed by atoms with Crippen molar-refractivity contribution in [2.24, 2.45) is 0 Å². The smallest absolute Gasteiger partial charge is 0.185 e. The standard InChI is InChI=1S/C11H14O4S/c1-7(12)16-6-10(14)11(15)8-2-4-9(13)5-3-8/h2-5,10-11,13-15H,6H2,1H3. The summed E-state index contributed by atoms with van der Waals surface area (Å²) in [6.45, 7) is 1.41. The highest BCUT2D eigenvalue weighted by Gasteiger charge is 2.18. The van der Waals surface area contributed by atoms with E-state index in [1.165, 1.54) is 31.2 Å². The molecule has 0 aromatic heterocycles. The highest BCUT2D eigenvalue weighted by molar-refractivity contribution is 8.13. The van der Waals surface area contributed by atoms with E-state index in [9.17, 15) is 15.0 Å². The zero-order chi connectivity index (χ0) is 12.1. The Bertz CT molecular complexity index is 350. The van der Waals surface area contributed by atoms with E-state index in [4.69, 9.17) is 5.11 Å². The second-order valence-electron chi connectivity index (χ2n) is 3.41. The number of hydrogen-bond acceptors (Lipinski definition) is 5. The maximum absolute atomic E-state index is 10.7. The van der Waals surface area contributed by atoms with Crippen LogP contribution in [-0.2, 0) is 4.79 Å². The molecule has 0 amide bonds. The van der Waals surface area contributed by atoms with Crippen LogP contribution < -0.4 is 0 Å². The van der Waals surface area contributed by atoms with E-state index >= 15 is 0 Å². The van der Waals surface area contributed by atoms with Gasteiger partial charge < -0.3 is 15.3 Å². The van der Waals surface area contributed by atoms with Crippen LogP contribution in [0.2, 0.25) is 0 Å². The Hall–Kier alpha value is -1.04. The Kier molecular flexibility index (Phi) is 4.79. The fourth-order valence-corrected chi connectivity index (χ4v) is 1.78. The number of hydrogen-bond donors (Lipinski definition) is 3. The number of phenols is 1. The van der Waals surface area contributed by atoms with Crippen LogP contribution in [0.1, 0.15) is 18.6 Å². The largest absolute Gasteiger partial charge is 0.508 e. The van der Waals surface area contributed by atoms with Gasteiger partial charge in [-0.25, -0.2) is 0 Å². The van der Waals surface area contributed by atoms with Crippen LogP contribution in [-0.4, -0.2) is 32.3 Å². The average Bonchev–Trinajstić information content (AvgIpc) is 2.26. The van der Waals surface area contributed by atoms with Crippen LogP contribution in [0.3, 0.4) is 0 Å². The average molecular weight is 242 g/mol. The monoisotopic (exact) mass is 242 g/mol. The van der Waals surface area contributed by atoms with E-state index in [1.54, 1.807) is 0 Å². The molecule has 0 radical (unpaired) electrons. The molecule has 4 nitrogen and oxygen atoms in total. The normalized spacial score (nSPS) is 14.4. The molecular weight excluding hydrogens is 228 g/mol. The number of phenolic OH excluding ortho intramolecular Hbond substituents is 1. The lowest BCUT2D eigenvalue weighted by Gasteiger charge is -2.17. The summed E-state index contributed by atoms with van der Waals surface area (Å²) in [7, 11) is 0. The van der Waals surface area contributed by atoms with Crippen molar-refractivity contribution in [2.45, 2.75) is 19.1 Å². The number of thioether (sulfide) groups is 1. The number of carbonyl (C=O) groups is 1. The molecule has 88 valence electrons. The SMILES string of the molecule is CC(=O)SCC(O)C(O)c1ccc(O)cc1. The molecule has 0 saturated heterocycles. The van der Waals surface area contributed by atoms with Gasteiger partial charge in [0, 0.05) is 12.7 Å². The van der Waals surface area contributed by atoms with Crippen LogP contribution >= 0.6 is 11.8 Å². The van der Waals surface area contributed by atoms with Gasteiger partial charge in [-0.15, -0.1) is 0 Å². The van der Waals surface area contributed by atoms with Crippen molar-refractivity contribution in [1.29, 1.82) is 0 Å². The second-order valence-corrected chi connectivity index (χ2v) is 4.60. The maximum atomic E-state index is 10.7. The molecule has 0 bridgehead atoms. The number of carbonyl (C=O) groups excluding carboxylic acids is 1. The summed E-state index contributed by atoms with van der Waals surface area (Å²) in [5.41, 5.74) is 0.509. The zero-order valence-electron chi connectivity index (χ0n) is 8.83. The minimum absolute atomic E-state index is 0.100. The van der Waals surface area contributed by atoms with E-state index in [1.807, 2.05) is 0 Å².